The lowest BCUT2D eigenvalue weighted by atomic mass is 9.45. The Hall–Kier alpha value is -1.26. The Kier molecular flexibility index (Phi) is 6.70. The number of hydrogen-bond acceptors (Lipinski definition) is 3. The van der Waals surface area contributed by atoms with Crippen molar-refractivity contribution in [3.8, 4) is 0 Å². The highest BCUT2D eigenvalue weighted by Gasteiger charge is 2.55. The minimum absolute atomic E-state index is 0.343. The van der Waals surface area contributed by atoms with Crippen LogP contribution in [0.25, 0.3) is 0 Å². The van der Waals surface area contributed by atoms with Gasteiger partial charge < -0.3 is 14.7 Å². The molecule has 1 aromatic rings. The van der Waals surface area contributed by atoms with Crippen LogP contribution in [0.4, 0.5) is 5.69 Å². The van der Waals surface area contributed by atoms with E-state index in [-0.39, 0.29) is 5.54 Å². The molecule has 3 unspecified atom stereocenters. The van der Waals surface area contributed by atoms with E-state index in [2.05, 4.69) is 58.9 Å². The Bertz CT molecular complexity index is 818. The first kappa shape index (κ1) is 23.5. The maximum atomic E-state index is 13.7. The van der Waals surface area contributed by atoms with Gasteiger partial charge in [-0.15, -0.1) is 11.6 Å². The Labute approximate surface area is 205 Å². The van der Waals surface area contributed by atoms with Gasteiger partial charge in [0.2, 0.25) is 5.91 Å². The Balaban J connectivity index is 1.22. The van der Waals surface area contributed by atoms with E-state index in [1.165, 1.54) is 37.9 Å². The lowest BCUT2D eigenvalue weighted by molar-refractivity contribution is -0.133. The highest BCUT2D eigenvalue weighted by molar-refractivity contribution is 6.17. The average molecular weight is 472 g/mol. The summed E-state index contributed by atoms with van der Waals surface area (Å²) in [5, 5.41) is 0. The number of likely N-dealkylation sites (tertiary alicyclic amines) is 1. The van der Waals surface area contributed by atoms with Gasteiger partial charge in [0.05, 0.1) is 6.67 Å². The molecule has 3 saturated carbocycles. The van der Waals surface area contributed by atoms with Crippen molar-refractivity contribution < 1.29 is 4.79 Å². The van der Waals surface area contributed by atoms with Gasteiger partial charge in [0.25, 0.3) is 0 Å². The fourth-order valence-electron chi connectivity index (χ4n) is 7.57. The number of hydrogen-bond donors (Lipinski definition) is 0. The maximum absolute atomic E-state index is 13.7. The average Bonchev–Trinajstić information content (AvgIpc) is 3.10. The predicted molar refractivity (Wildman–Crippen MR) is 137 cm³/mol. The molecule has 0 aromatic heterocycles. The van der Waals surface area contributed by atoms with Crippen molar-refractivity contribution in [3.05, 3.63) is 30.3 Å². The number of halogens is 1. The number of para-hydroxylation sites is 1. The van der Waals surface area contributed by atoms with Gasteiger partial charge in [-0.25, -0.2) is 0 Å². The monoisotopic (exact) mass is 471 g/mol. The SMILES string of the molecule is CC1(C)C2CCC(CCN3CCC4(CC3)C(=O)N(CCCCCl)CN4c3ccccc3)C1C2. The van der Waals surface area contributed by atoms with E-state index in [4.69, 9.17) is 11.6 Å². The molecule has 2 bridgehead atoms. The lowest BCUT2D eigenvalue weighted by Crippen LogP contribution is -2.57. The van der Waals surface area contributed by atoms with Crippen LogP contribution in [0.3, 0.4) is 0 Å². The summed E-state index contributed by atoms with van der Waals surface area (Å²) in [6.07, 6.45) is 9.53. The minimum Gasteiger partial charge on any atom is -0.339 e. The van der Waals surface area contributed by atoms with Gasteiger partial charge in [0.1, 0.15) is 5.54 Å². The van der Waals surface area contributed by atoms with E-state index in [0.717, 1.165) is 63.1 Å². The van der Waals surface area contributed by atoms with Crippen molar-refractivity contribution >= 4 is 23.2 Å². The van der Waals surface area contributed by atoms with E-state index >= 15 is 0 Å². The summed E-state index contributed by atoms with van der Waals surface area (Å²) in [6.45, 7) is 9.82. The number of piperidine rings is 1. The number of amides is 1. The van der Waals surface area contributed by atoms with E-state index in [1.807, 2.05) is 0 Å². The number of carbonyl (C=O) groups is 1. The van der Waals surface area contributed by atoms with Crippen LogP contribution in [-0.2, 0) is 4.79 Å². The Morgan fingerprint density at radius 2 is 1.79 bits per heavy atom. The molecule has 5 aliphatic rings. The van der Waals surface area contributed by atoms with E-state index < -0.39 is 0 Å². The summed E-state index contributed by atoms with van der Waals surface area (Å²) in [4.78, 5) is 20.9. The molecule has 6 rings (SSSR count). The third-order valence-electron chi connectivity index (χ3n) is 9.89. The first-order valence-electron chi connectivity index (χ1n) is 13.4. The molecule has 0 N–H and O–H groups in total. The molecule has 0 radical (unpaired) electrons. The molecule has 33 heavy (non-hydrogen) atoms. The van der Waals surface area contributed by atoms with Crippen LogP contribution in [0.1, 0.15) is 65.2 Å². The van der Waals surface area contributed by atoms with Gasteiger partial charge in [-0.3, -0.25) is 4.79 Å². The molecule has 2 saturated heterocycles. The second-order valence-corrected chi connectivity index (χ2v) is 12.1. The summed E-state index contributed by atoms with van der Waals surface area (Å²) in [5.41, 5.74) is 1.39. The van der Waals surface area contributed by atoms with Crippen LogP contribution < -0.4 is 4.90 Å². The summed E-state index contributed by atoms with van der Waals surface area (Å²) in [6, 6.07) is 10.6. The maximum Gasteiger partial charge on any atom is 0.250 e. The number of rotatable bonds is 8. The molecule has 1 spiro atoms. The van der Waals surface area contributed by atoms with Gasteiger partial charge in [0, 0.05) is 31.2 Å². The van der Waals surface area contributed by atoms with Crippen LogP contribution in [0, 0.1) is 23.2 Å². The van der Waals surface area contributed by atoms with Crippen LogP contribution in [0.5, 0.6) is 0 Å². The fourth-order valence-corrected chi connectivity index (χ4v) is 7.76. The van der Waals surface area contributed by atoms with Crippen LogP contribution in [0.2, 0.25) is 0 Å². The minimum atomic E-state index is -0.368. The number of nitrogens with zero attached hydrogens (tertiary/aromatic N) is 3. The standard InChI is InChI=1S/C28H42ClN3O/c1-27(2)23-11-10-22(25(27)20-23)12-17-30-18-13-28(14-19-30)26(33)31(16-7-6-15-29)21-32(28)24-8-4-3-5-9-24/h3-5,8-9,22-23,25H,6-7,10-21H2,1-2H3. The molecule has 3 atom stereocenters. The molecule has 4 nitrogen and oxygen atoms in total. The number of fused-ring (bicyclic) bond motifs is 2. The summed E-state index contributed by atoms with van der Waals surface area (Å²) in [5.74, 6) is 3.85. The second kappa shape index (κ2) is 9.41. The zero-order chi connectivity index (χ0) is 23.1. The number of unbranched alkanes of at least 4 members (excludes halogenated alkanes) is 1. The summed E-state index contributed by atoms with van der Waals surface area (Å²) >= 11 is 5.90. The van der Waals surface area contributed by atoms with Gasteiger partial charge in [0.15, 0.2) is 0 Å². The van der Waals surface area contributed by atoms with Crippen molar-refractivity contribution in [2.75, 3.05) is 43.6 Å². The van der Waals surface area contributed by atoms with Crippen molar-refractivity contribution in [2.45, 2.75) is 70.8 Å². The molecular weight excluding hydrogens is 430 g/mol. The summed E-state index contributed by atoms with van der Waals surface area (Å²) in [7, 11) is 0. The third kappa shape index (κ3) is 4.20. The molecule has 2 aliphatic heterocycles. The van der Waals surface area contributed by atoms with E-state index in [1.54, 1.807) is 0 Å². The molecule has 182 valence electrons. The van der Waals surface area contributed by atoms with Gasteiger partial charge >= 0.3 is 0 Å². The van der Waals surface area contributed by atoms with E-state index in [9.17, 15) is 4.79 Å². The van der Waals surface area contributed by atoms with Gasteiger partial charge in [-0.1, -0.05) is 32.0 Å². The van der Waals surface area contributed by atoms with Gasteiger partial charge in [-0.2, -0.15) is 0 Å². The number of carbonyl (C=O) groups excluding carboxylic acids is 1. The second-order valence-electron chi connectivity index (χ2n) is 11.7. The predicted octanol–water partition coefficient (Wildman–Crippen LogP) is 5.61. The van der Waals surface area contributed by atoms with Crippen LogP contribution in [0.15, 0.2) is 30.3 Å². The van der Waals surface area contributed by atoms with Gasteiger partial charge in [-0.05, 0) is 93.2 Å². The molecule has 5 fully saturated rings. The molecule has 1 amide bonds. The molecular formula is C28H42ClN3O. The van der Waals surface area contributed by atoms with Crippen molar-refractivity contribution in [1.82, 2.24) is 9.80 Å². The highest BCUT2D eigenvalue weighted by atomic mass is 35.5. The zero-order valence-electron chi connectivity index (χ0n) is 20.6. The van der Waals surface area contributed by atoms with Crippen LogP contribution >= 0.6 is 11.6 Å². The third-order valence-corrected chi connectivity index (χ3v) is 10.2. The zero-order valence-corrected chi connectivity index (χ0v) is 21.4. The fraction of sp³-hybridized carbons (Fsp3) is 0.750. The largest absolute Gasteiger partial charge is 0.339 e. The number of anilines is 1. The first-order chi connectivity index (χ1) is 16.0. The quantitative estimate of drug-likeness (QED) is 0.364. The Morgan fingerprint density at radius 1 is 1.03 bits per heavy atom. The Morgan fingerprint density at radius 3 is 2.45 bits per heavy atom. The van der Waals surface area contributed by atoms with E-state index in [0.29, 0.717) is 23.9 Å². The lowest BCUT2D eigenvalue weighted by Gasteiger charge is -2.60. The van der Waals surface area contributed by atoms with Crippen molar-refractivity contribution in [1.29, 1.82) is 0 Å². The summed E-state index contributed by atoms with van der Waals surface area (Å²) < 4.78 is 0. The first-order valence-corrected chi connectivity index (χ1v) is 13.9. The topological polar surface area (TPSA) is 26.8 Å². The van der Waals surface area contributed by atoms with Crippen LogP contribution in [-0.4, -0.2) is 60.0 Å². The van der Waals surface area contributed by atoms with Crippen molar-refractivity contribution in [3.63, 3.8) is 0 Å². The number of alkyl halides is 1. The smallest absolute Gasteiger partial charge is 0.250 e. The number of benzene rings is 1. The van der Waals surface area contributed by atoms with Crippen molar-refractivity contribution in [2.24, 2.45) is 23.2 Å². The highest BCUT2D eigenvalue weighted by Crippen LogP contribution is 2.62. The normalized spacial score (nSPS) is 30.6. The molecule has 3 aliphatic carbocycles. The molecule has 1 aromatic carbocycles. The molecule has 2 heterocycles. The molecule has 5 heteroatoms.